The zero-order chi connectivity index (χ0) is 14.9. The first-order valence-corrected chi connectivity index (χ1v) is 7.22. The van der Waals surface area contributed by atoms with E-state index in [1.165, 1.54) is 12.1 Å². The molecule has 0 saturated heterocycles. The van der Waals surface area contributed by atoms with Gasteiger partial charge in [-0.2, -0.15) is 0 Å². The van der Waals surface area contributed by atoms with Crippen molar-refractivity contribution in [1.82, 2.24) is 0 Å². The van der Waals surface area contributed by atoms with E-state index in [9.17, 15) is 0 Å². The first kappa shape index (κ1) is 15.7. The van der Waals surface area contributed by atoms with Crippen LogP contribution in [0.3, 0.4) is 0 Å². The molecule has 0 aliphatic rings. The highest BCUT2D eigenvalue weighted by Crippen LogP contribution is 2.37. The van der Waals surface area contributed by atoms with E-state index in [1.54, 1.807) is 18.2 Å². The van der Waals surface area contributed by atoms with Crippen molar-refractivity contribution >= 4 is 63.6 Å². The fourth-order valence-corrected chi connectivity index (χ4v) is 2.39. The van der Waals surface area contributed by atoms with Crippen molar-refractivity contribution in [3.8, 4) is 11.5 Å². The summed E-state index contributed by atoms with van der Waals surface area (Å²) in [6, 6.07) is 7.94. The van der Waals surface area contributed by atoms with Gasteiger partial charge in [0.2, 0.25) is 0 Å². The molecule has 0 amide bonds. The Morgan fingerprint density at radius 1 is 0.900 bits per heavy atom. The van der Waals surface area contributed by atoms with Crippen LogP contribution >= 0.6 is 58.6 Å². The van der Waals surface area contributed by atoms with Gasteiger partial charge in [-0.1, -0.05) is 58.6 Å². The number of hydrogen-bond donors (Lipinski definition) is 1. The second-order valence-electron chi connectivity index (χ2n) is 3.80. The maximum absolute atomic E-state index is 6.06. The van der Waals surface area contributed by atoms with E-state index in [2.05, 4.69) is 0 Å². The van der Waals surface area contributed by atoms with Crippen molar-refractivity contribution in [1.29, 1.82) is 0 Å². The zero-order valence-electron chi connectivity index (χ0n) is 9.79. The van der Waals surface area contributed by atoms with Gasteiger partial charge in [-0.15, -0.1) is 0 Å². The summed E-state index contributed by atoms with van der Waals surface area (Å²) in [5.41, 5.74) is 6.15. The minimum Gasteiger partial charge on any atom is -0.455 e. The maximum atomic E-state index is 6.06. The van der Waals surface area contributed by atoms with Crippen LogP contribution in [0.15, 0.2) is 30.3 Å². The molecule has 0 atom stereocenters. The lowest BCUT2D eigenvalue weighted by molar-refractivity contribution is 0.482. The molecule has 2 rings (SSSR count). The molecular formula is C13H7Cl4NOS. The average Bonchev–Trinajstić information content (AvgIpc) is 2.37. The molecule has 2 aromatic carbocycles. The quantitative estimate of drug-likeness (QED) is 0.556. The standard InChI is InChI=1S/C13H7Cl4NOS/c14-6-1-2-11(7(3-6)13(18)20)19-12-5-9(16)8(15)4-10(12)17/h1-5H,(H2,18,20). The van der Waals surface area contributed by atoms with Crippen LogP contribution in [0, 0.1) is 0 Å². The van der Waals surface area contributed by atoms with Crippen molar-refractivity contribution < 1.29 is 4.74 Å². The van der Waals surface area contributed by atoms with Gasteiger partial charge in [0.05, 0.1) is 20.6 Å². The average molecular weight is 367 g/mol. The molecule has 20 heavy (non-hydrogen) atoms. The molecule has 0 aliphatic heterocycles. The molecule has 7 heteroatoms. The van der Waals surface area contributed by atoms with Gasteiger partial charge in [0.15, 0.2) is 0 Å². The Morgan fingerprint density at radius 2 is 1.55 bits per heavy atom. The summed E-state index contributed by atoms with van der Waals surface area (Å²) in [5, 5.41) is 1.50. The van der Waals surface area contributed by atoms with Gasteiger partial charge in [-0.3, -0.25) is 0 Å². The van der Waals surface area contributed by atoms with E-state index in [4.69, 9.17) is 69.1 Å². The van der Waals surface area contributed by atoms with Gasteiger partial charge in [-0.05, 0) is 24.3 Å². The second-order valence-corrected chi connectivity index (χ2v) is 5.90. The third-order valence-electron chi connectivity index (χ3n) is 2.40. The number of rotatable bonds is 3. The number of hydrogen-bond acceptors (Lipinski definition) is 2. The predicted molar refractivity (Wildman–Crippen MR) is 88.9 cm³/mol. The summed E-state index contributed by atoms with van der Waals surface area (Å²) in [7, 11) is 0. The van der Waals surface area contributed by atoms with Gasteiger partial charge in [0.25, 0.3) is 0 Å². The van der Waals surface area contributed by atoms with E-state index in [1.807, 2.05) is 0 Å². The van der Waals surface area contributed by atoms with Crippen LogP contribution in [0.1, 0.15) is 5.56 Å². The van der Waals surface area contributed by atoms with Crippen molar-refractivity contribution in [2.45, 2.75) is 0 Å². The molecule has 0 spiro atoms. The van der Waals surface area contributed by atoms with Crippen LogP contribution in [0.2, 0.25) is 20.1 Å². The van der Waals surface area contributed by atoms with E-state index >= 15 is 0 Å². The lowest BCUT2D eigenvalue weighted by atomic mass is 10.2. The molecule has 0 aliphatic carbocycles. The van der Waals surface area contributed by atoms with Gasteiger partial charge >= 0.3 is 0 Å². The molecule has 0 radical (unpaired) electrons. The van der Waals surface area contributed by atoms with E-state index in [-0.39, 0.29) is 4.99 Å². The highest BCUT2D eigenvalue weighted by molar-refractivity contribution is 7.80. The summed E-state index contributed by atoms with van der Waals surface area (Å²) in [5.74, 6) is 0.781. The third kappa shape index (κ3) is 3.48. The highest BCUT2D eigenvalue weighted by Gasteiger charge is 2.12. The number of halogens is 4. The predicted octanol–water partition coefficient (Wildman–Crippen LogP) is 5.73. The van der Waals surface area contributed by atoms with Crippen LogP contribution in [-0.4, -0.2) is 4.99 Å². The second kappa shape index (κ2) is 6.37. The van der Waals surface area contributed by atoms with Crippen molar-refractivity contribution in [2.75, 3.05) is 0 Å². The highest BCUT2D eigenvalue weighted by atomic mass is 35.5. The van der Waals surface area contributed by atoms with Crippen LogP contribution in [0.5, 0.6) is 11.5 Å². The molecule has 0 fully saturated rings. The smallest absolute Gasteiger partial charge is 0.147 e. The molecule has 0 aromatic heterocycles. The number of benzene rings is 2. The third-order valence-corrected chi connectivity index (χ3v) is 3.87. The maximum Gasteiger partial charge on any atom is 0.147 e. The Labute approximate surface area is 141 Å². The molecule has 0 heterocycles. The fraction of sp³-hybridized carbons (Fsp3) is 0. The monoisotopic (exact) mass is 365 g/mol. The van der Waals surface area contributed by atoms with Crippen LogP contribution < -0.4 is 10.5 Å². The van der Waals surface area contributed by atoms with Gasteiger partial charge < -0.3 is 10.5 Å². The van der Waals surface area contributed by atoms with E-state index < -0.39 is 0 Å². The van der Waals surface area contributed by atoms with Gasteiger partial charge in [-0.25, -0.2) is 0 Å². The minimum atomic E-state index is 0.165. The minimum absolute atomic E-state index is 0.165. The number of ether oxygens (including phenoxy) is 1. The Bertz CT molecular complexity index is 690. The number of nitrogens with two attached hydrogens (primary N) is 1. The Kier molecular flexibility index (Phi) is 4.99. The van der Waals surface area contributed by atoms with Crippen LogP contribution in [0.4, 0.5) is 0 Å². The summed E-state index contributed by atoms with van der Waals surface area (Å²) < 4.78 is 5.69. The lowest BCUT2D eigenvalue weighted by Gasteiger charge is -2.12. The largest absolute Gasteiger partial charge is 0.455 e. The first-order valence-electron chi connectivity index (χ1n) is 5.30. The molecular weight excluding hydrogens is 360 g/mol. The molecule has 0 saturated carbocycles. The van der Waals surface area contributed by atoms with Crippen LogP contribution in [-0.2, 0) is 0 Å². The van der Waals surface area contributed by atoms with Crippen molar-refractivity contribution in [2.24, 2.45) is 5.73 Å². The molecule has 2 aromatic rings. The van der Waals surface area contributed by atoms with Crippen molar-refractivity contribution in [3.05, 3.63) is 56.0 Å². The van der Waals surface area contributed by atoms with Gasteiger partial charge in [0.1, 0.15) is 16.5 Å². The SMILES string of the molecule is NC(=S)c1cc(Cl)ccc1Oc1cc(Cl)c(Cl)cc1Cl. The zero-order valence-corrected chi connectivity index (χ0v) is 13.6. The molecule has 2 N–H and O–H groups in total. The molecule has 104 valence electrons. The normalized spacial score (nSPS) is 10.4. The van der Waals surface area contributed by atoms with Crippen molar-refractivity contribution in [3.63, 3.8) is 0 Å². The fourth-order valence-electron chi connectivity index (χ4n) is 1.48. The molecule has 0 unspecified atom stereocenters. The first-order chi connectivity index (χ1) is 9.38. The van der Waals surface area contributed by atoms with Gasteiger partial charge in [0, 0.05) is 11.1 Å². The van der Waals surface area contributed by atoms with E-state index in [0.717, 1.165) is 0 Å². The Hall–Kier alpha value is -0.710. The molecule has 2 nitrogen and oxygen atoms in total. The Morgan fingerprint density at radius 3 is 2.20 bits per heavy atom. The Balaban J connectivity index is 2.45. The lowest BCUT2D eigenvalue weighted by Crippen LogP contribution is -2.10. The summed E-state index contributed by atoms with van der Waals surface area (Å²) in [6.07, 6.45) is 0. The summed E-state index contributed by atoms with van der Waals surface area (Å²) in [6.45, 7) is 0. The van der Waals surface area contributed by atoms with Crippen LogP contribution in [0.25, 0.3) is 0 Å². The summed E-state index contributed by atoms with van der Waals surface area (Å²) in [4.78, 5) is 0.165. The summed E-state index contributed by atoms with van der Waals surface area (Å²) >= 11 is 28.7. The number of thiocarbonyl (C=S) groups is 1. The van der Waals surface area contributed by atoms with E-state index in [0.29, 0.717) is 37.2 Å². The molecule has 0 bridgehead atoms. The topological polar surface area (TPSA) is 35.2 Å².